The van der Waals surface area contributed by atoms with Crippen molar-refractivity contribution in [2.24, 2.45) is 0 Å². The van der Waals surface area contributed by atoms with E-state index in [0.29, 0.717) is 0 Å². The monoisotopic (exact) mass is 439 g/mol. The number of sulfonamides is 1. The van der Waals surface area contributed by atoms with Crippen molar-refractivity contribution in [3.8, 4) is 5.75 Å². The number of aromatic hydroxyl groups is 1. The van der Waals surface area contributed by atoms with Gasteiger partial charge in [-0.3, -0.25) is 4.72 Å². The van der Waals surface area contributed by atoms with E-state index in [1.165, 1.54) is 25.3 Å². The number of phenolic OH excluding ortho intramolecular Hbond substituents is 1. The van der Waals surface area contributed by atoms with Crippen molar-refractivity contribution in [3.05, 3.63) is 39.2 Å². The predicted octanol–water partition coefficient (Wildman–Crippen LogP) is 3.75. The normalized spacial score (nSPS) is 12.6. The summed E-state index contributed by atoms with van der Waals surface area (Å²) >= 11 is 12.3. The van der Waals surface area contributed by atoms with Gasteiger partial charge in [0.2, 0.25) is 0 Å². The van der Waals surface area contributed by atoms with Crippen LogP contribution in [0.4, 0.5) is 5.69 Å². The molecule has 0 aliphatic carbocycles. The smallest absolute Gasteiger partial charge is 0.342 e. The Kier molecular flexibility index (Phi) is 6.75. The zero-order chi connectivity index (χ0) is 19.5. The van der Waals surface area contributed by atoms with Crippen molar-refractivity contribution in [2.45, 2.75) is 17.2 Å². The lowest BCUT2D eigenvalue weighted by atomic mass is 10.2. The number of nitrogens with one attached hydrogen (secondary N) is 1. The SMILES string of the molecule is COCC(C)OC(=O)c1ccc(NS(=O)(=O)c2cc(Cl)c(Cl)s2)cc1O. The molecule has 142 valence electrons. The summed E-state index contributed by atoms with van der Waals surface area (Å²) in [5.74, 6) is -1.18. The van der Waals surface area contributed by atoms with E-state index in [2.05, 4.69) is 4.72 Å². The first-order chi connectivity index (χ1) is 12.1. The third-order valence-electron chi connectivity index (χ3n) is 3.07. The van der Waals surface area contributed by atoms with Gasteiger partial charge in [0.25, 0.3) is 10.0 Å². The largest absolute Gasteiger partial charge is 0.507 e. The molecule has 0 saturated carbocycles. The molecule has 1 unspecified atom stereocenters. The number of rotatable bonds is 7. The van der Waals surface area contributed by atoms with Crippen molar-refractivity contribution in [1.82, 2.24) is 0 Å². The number of hydrogen-bond acceptors (Lipinski definition) is 7. The molecule has 2 rings (SSSR count). The van der Waals surface area contributed by atoms with Crippen molar-refractivity contribution in [1.29, 1.82) is 0 Å². The second-order valence-electron chi connectivity index (χ2n) is 5.20. The van der Waals surface area contributed by atoms with Crippen LogP contribution in [0.15, 0.2) is 28.5 Å². The Bertz CT molecular complexity index is 893. The molecule has 0 aliphatic rings. The van der Waals surface area contributed by atoms with Crippen LogP contribution in [0, 0.1) is 0 Å². The number of methoxy groups -OCH3 is 1. The molecular weight excluding hydrogens is 425 g/mol. The lowest BCUT2D eigenvalue weighted by Gasteiger charge is -2.13. The fourth-order valence-electron chi connectivity index (χ4n) is 1.95. The third kappa shape index (κ3) is 5.01. The first kappa shape index (κ1) is 20.8. The summed E-state index contributed by atoms with van der Waals surface area (Å²) < 4.78 is 36.9. The van der Waals surface area contributed by atoms with Gasteiger partial charge in [-0.15, -0.1) is 11.3 Å². The highest BCUT2D eigenvalue weighted by atomic mass is 35.5. The topological polar surface area (TPSA) is 102 Å². The molecule has 26 heavy (non-hydrogen) atoms. The van der Waals surface area contributed by atoms with Gasteiger partial charge in [0.1, 0.15) is 26.0 Å². The second kappa shape index (κ2) is 8.45. The molecular formula is C15H15Cl2NO6S2. The van der Waals surface area contributed by atoms with E-state index in [1.807, 2.05) is 0 Å². The molecule has 1 atom stereocenters. The van der Waals surface area contributed by atoms with Gasteiger partial charge < -0.3 is 14.6 Å². The minimum Gasteiger partial charge on any atom is -0.507 e. The van der Waals surface area contributed by atoms with Crippen molar-refractivity contribution in [3.63, 3.8) is 0 Å². The highest BCUT2D eigenvalue weighted by Crippen LogP contribution is 2.35. The molecule has 7 nitrogen and oxygen atoms in total. The molecule has 0 amide bonds. The Morgan fingerprint density at radius 1 is 1.35 bits per heavy atom. The van der Waals surface area contributed by atoms with E-state index >= 15 is 0 Å². The van der Waals surface area contributed by atoms with Crippen molar-refractivity contribution < 1.29 is 27.8 Å². The summed E-state index contributed by atoms with van der Waals surface area (Å²) in [7, 11) is -2.47. The van der Waals surface area contributed by atoms with Crippen LogP contribution in [0.3, 0.4) is 0 Å². The van der Waals surface area contributed by atoms with Gasteiger partial charge in [-0.05, 0) is 25.1 Å². The van der Waals surface area contributed by atoms with Gasteiger partial charge in [-0.2, -0.15) is 0 Å². The summed E-state index contributed by atoms with van der Waals surface area (Å²) in [6, 6.07) is 4.90. The Morgan fingerprint density at radius 2 is 2.04 bits per heavy atom. The number of halogens is 2. The van der Waals surface area contributed by atoms with Gasteiger partial charge in [0, 0.05) is 13.2 Å². The number of anilines is 1. The zero-order valence-electron chi connectivity index (χ0n) is 13.7. The Labute approximate surface area is 164 Å². The van der Waals surface area contributed by atoms with Crippen LogP contribution in [-0.2, 0) is 19.5 Å². The number of thiophene rings is 1. The molecule has 1 aromatic heterocycles. The number of ether oxygens (including phenoxy) is 2. The highest BCUT2D eigenvalue weighted by Gasteiger charge is 2.21. The number of hydrogen-bond donors (Lipinski definition) is 2. The molecule has 0 saturated heterocycles. The minimum absolute atomic E-state index is 0.0598. The molecule has 1 heterocycles. The van der Waals surface area contributed by atoms with Crippen LogP contribution in [0.2, 0.25) is 9.36 Å². The van der Waals surface area contributed by atoms with E-state index in [1.54, 1.807) is 6.92 Å². The fraction of sp³-hybridized carbons (Fsp3) is 0.267. The molecule has 0 aliphatic heterocycles. The van der Waals surface area contributed by atoms with Crippen molar-refractivity contribution in [2.75, 3.05) is 18.4 Å². The standard InChI is InChI=1S/C15H15Cl2NO6S2/c1-8(7-23-2)24-15(20)10-4-3-9(5-12(10)19)18-26(21,22)13-6-11(16)14(17)25-13/h3-6,8,18-19H,7H2,1-2H3. The maximum atomic E-state index is 12.3. The van der Waals surface area contributed by atoms with E-state index in [9.17, 15) is 18.3 Å². The third-order valence-corrected chi connectivity index (χ3v) is 6.79. The molecule has 2 aromatic rings. The van der Waals surface area contributed by atoms with Crippen LogP contribution in [-0.4, -0.2) is 39.3 Å². The van der Waals surface area contributed by atoms with Crippen LogP contribution in [0.5, 0.6) is 5.75 Å². The molecule has 1 aromatic carbocycles. The molecule has 0 fully saturated rings. The van der Waals surface area contributed by atoms with Gasteiger partial charge in [-0.25, -0.2) is 13.2 Å². The van der Waals surface area contributed by atoms with Gasteiger partial charge in [0.05, 0.1) is 17.3 Å². The molecule has 0 radical (unpaired) electrons. The minimum atomic E-state index is -3.94. The summed E-state index contributed by atoms with van der Waals surface area (Å²) in [5.41, 5.74) is -0.0391. The summed E-state index contributed by atoms with van der Waals surface area (Å²) in [5, 5.41) is 10.1. The summed E-state index contributed by atoms with van der Waals surface area (Å²) in [6.45, 7) is 1.84. The number of benzene rings is 1. The maximum Gasteiger partial charge on any atom is 0.342 e. The highest BCUT2D eigenvalue weighted by molar-refractivity contribution is 7.94. The number of phenols is 1. The Morgan fingerprint density at radius 3 is 2.58 bits per heavy atom. The first-order valence-corrected chi connectivity index (χ1v) is 10.2. The second-order valence-corrected chi connectivity index (χ2v) is 9.17. The fourth-order valence-corrected chi connectivity index (χ4v) is 4.88. The Hall–Kier alpha value is -1.52. The van der Waals surface area contributed by atoms with Gasteiger partial charge in [-0.1, -0.05) is 23.2 Å². The molecule has 2 N–H and O–H groups in total. The van der Waals surface area contributed by atoms with Crippen LogP contribution >= 0.6 is 34.5 Å². The molecule has 0 bridgehead atoms. The average molecular weight is 440 g/mol. The lowest BCUT2D eigenvalue weighted by molar-refractivity contribution is 0.0118. The molecule has 11 heteroatoms. The summed E-state index contributed by atoms with van der Waals surface area (Å²) in [4.78, 5) is 12.0. The van der Waals surface area contributed by atoms with Crippen LogP contribution in [0.25, 0.3) is 0 Å². The number of carbonyl (C=O) groups is 1. The summed E-state index contributed by atoms with van der Waals surface area (Å²) in [6.07, 6.45) is -0.501. The van der Waals surface area contributed by atoms with E-state index in [4.69, 9.17) is 32.7 Å². The van der Waals surface area contributed by atoms with E-state index in [-0.39, 0.29) is 31.4 Å². The van der Waals surface area contributed by atoms with Crippen molar-refractivity contribution >= 4 is 56.2 Å². The molecule has 0 spiro atoms. The van der Waals surface area contributed by atoms with Gasteiger partial charge >= 0.3 is 5.97 Å². The average Bonchev–Trinajstić information content (AvgIpc) is 2.87. The zero-order valence-corrected chi connectivity index (χ0v) is 16.8. The number of esters is 1. The lowest BCUT2D eigenvalue weighted by Crippen LogP contribution is -2.19. The van der Waals surface area contributed by atoms with E-state index in [0.717, 1.165) is 17.4 Å². The number of carbonyl (C=O) groups excluding carboxylic acids is 1. The van der Waals surface area contributed by atoms with Crippen LogP contribution in [0.1, 0.15) is 17.3 Å². The first-order valence-electron chi connectivity index (χ1n) is 7.14. The predicted molar refractivity (Wildman–Crippen MR) is 100 cm³/mol. The van der Waals surface area contributed by atoms with Crippen LogP contribution < -0.4 is 4.72 Å². The van der Waals surface area contributed by atoms with E-state index < -0.39 is 27.8 Å². The maximum absolute atomic E-state index is 12.3. The van der Waals surface area contributed by atoms with Gasteiger partial charge in [0.15, 0.2) is 0 Å². The Balaban J connectivity index is 2.17. The quantitative estimate of drug-likeness (QED) is 0.636.